The van der Waals surface area contributed by atoms with E-state index in [-0.39, 0.29) is 22.8 Å². The molecule has 0 saturated carbocycles. The second kappa shape index (κ2) is 7.94. The molecule has 3 aromatic carbocycles. The monoisotopic (exact) mass is 424 g/mol. The molecule has 1 heterocycles. The van der Waals surface area contributed by atoms with Crippen LogP contribution in [0.4, 0.5) is 25.0 Å². The fourth-order valence-electron chi connectivity index (χ4n) is 3.19. The second-order valence-electron chi connectivity index (χ2n) is 6.86. The van der Waals surface area contributed by atoms with E-state index in [1.165, 1.54) is 9.13 Å². The highest BCUT2D eigenvalue weighted by Gasteiger charge is 2.17. The lowest BCUT2D eigenvalue weighted by atomic mass is 10.2. The fraction of sp³-hybridized carbons (Fsp3) is 0.0909. The molecule has 0 aliphatic rings. The van der Waals surface area contributed by atoms with Crippen LogP contribution in [0.2, 0.25) is 0 Å². The van der Waals surface area contributed by atoms with E-state index in [0.29, 0.717) is 16.8 Å². The van der Waals surface area contributed by atoms with Gasteiger partial charge in [0.15, 0.2) is 5.75 Å². The zero-order valence-corrected chi connectivity index (χ0v) is 16.6. The largest absolute Gasteiger partial charge is 0.455 e. The van der Waals surface area contributed by atoms with E-state index in [1.54, 1.807) is 50.5 Å². The maximum Gasteiger partial charge on any atom is 0.328 e. The van der Waals surface area contributed by atoms with Crippen molar-refractivity contribution in [1.82, 2.24) is 9.13 Å². The second-order valence-corrected chi connectivity index (χ2v) is 6.86. The summed E-state index contributed by atoms with van der Waals surface area (Å²) in [6, 6.07) is 14.0. The number of halogens is 2. The predicted octanol–water partition coefficient (Wildman–Crippen LogP) is 4.59. The number of aromatic nitrogens is 2. The highest BCUT2D eigenvalue weighted by Crippen LogP contribution is 2.33. The molecule has 4 rings (SSSR count). The van der Waals surface area contributed by atoms with Crippen LogP contribution in [0.25, 0.3) is 11.0 Å². The highest BCUT2D eigenvalue weighted by atomic mass is 19.1. The Morgan fingerprint density at radius 3 is 2.23 bits per heavy atom. The van der Waals surface area contributed by atoms with Crippen molar-refractivity contribution in [3.05, 3.63) is 82.8 Å². The maximum absolute atomic E-state index is 13.9. The van der Waals surface area contributed by atoms with Crippen molar-refractivity contribution >= 4 is 28.4 Å². The number of carbonyl (C=O) groups is 1. The van der Waals surface area contributed by atoms with Gasteiger partial charge in [0, 0.05) is 26.2 Å². The van der Waals surface area contributed by atoms with Crippen molar-refractivity contribution in [2.75, 3.05) is 10.6 Å². The average molecular weight is 424 g/mol. The molecule has 4 aromatic rings. The number of anilines is 2. The van der Waals surface area contributed by atoms with Crippen molar-refractivity contribution in [2.45, 2.75) is 0 Å². The van der Waals surface area contributed by atoms with E-state index < -0.39 is 17.7 Å². The van der Waals surface area contributed by atoms with Gasteiger partial charge in [-0.05, 0) is 30.3 Å². The molecule has 0 bridgehead atoms. The topological polar surface area (TPSA) is 77.3 Å². The van der Waals surface area contributed by atoms with Crippen molar-refractivity contribution in [3.8, 4) is 11.5 Å². The molecule has 0 saturated heterocycles. The molecule has 2 amide bonds. The Morgan fingerprint density at radius 2 is 1.52 bits per heavy atom. The molecule has 2 N–H and O–H groups in total. The minimum Gasteiger partial charge on any atom is -0.455 e. The standard InChI is InChI=1S/C22H18F2N4O3/c1-27-18-11-17(26-21(29)25-16-10-13(23)8-9-15(16)24)20(12-19(18)28(2)22(27)30)31-14-6-4-3-5-7-14/h3-12H,1-2H3,(H2,25,26,29). The Balaban J connectivity index is 1.73. The first-order valence-corrected chi connectivity index (χ1v) is 9.29. The minimum atomic E-state index is -0.803. The first-order chi connectivity index (χ1) is 14.8. The van der Waals surface area contributed by atoms with Gasteiger partial charge in [-0.15, -0.1) is 0 Å². The van der Waals surface area contributed by atoms with Crippen LogP contribution in [-0.2, 0) is 14.1 Å². The van der Waals surface area contributed by atoms with Gasteiger partial charge in [-0.1, -0.05) is 18.2 Å². The number of ether oxygens (including phenoxy) is 1. The number of amides is 2. The van der Waals surface area contributed by atoms with E-state index in [1.807, 2.05) is 6.07 Å². The molecular formula is C22H18F2N4O3. The molecule has 0 aliphatic heterocycles. The summed E-state index contributed by atoms with van der Waals surface area (Å²) >= 11 is 0. The summed E-state index contributed by atoms with van der Waals surface area (Å²) in [4.78, 5) is 24.8. The quantitative estimate of drug-likeness (QED) is 0.503. The smallest absolute Gasteiger partial charge is 0.328 e. The van der Waals surface area contributed by atoms with Crippen LogP contribution in [-0.4, -0.2) is 15.2 Å². The van der Waals surface area contributed by atoms with Crippen molar-refractivity contribution in [1.29, 1.82) is 0 Å². The Labute approximate surface area is 175 Å². The van der Waals surface area contributed by atoms with Gasteiger partial charge in [0.25, 0.3) is 0 Å². The van der Waals surface area contributed by atoms with Crippen LogP contribution in [0.3, 0.4) is 0 Å². The number of fused-ring (bicyclic) bond motifs is 1. The number of nitrogens with one attached hydrogen (secondary N) is 2. The molecule has 0 aliphatic carbocycles. The third kappa shape index (κ3) is 3.97. The Bertz CT molecular complexity index is 1350. The lowest BCUT2D eigenvalue weighted by molar-refractivity contribution is 0.262. The first-order valence-electron chi connectivity index (χ1n) is 9.29. The molecule has 0 radical (unpaired) electrons. The van der Waals surface area contributed by atoms with Crippen LogP contribution in [0.1, 0.15) is 0 Å². The van der Waals surface area contributed by atoms with E-state index in [4.69, 9.17) is 4.74 Å². The van der Waals surface area contributed by atoms with Crippen LogP contribution in [0.15, 0.2) is 65.5 Å². The van der Waals surface area contributed by atoms with Gasteiger partial charge < -0.3 is 15.4 Å². The molecule has 0 atom stereocenters. The number of hydrogen-bond acceptors (Lipinski definition) is 3. The van der Waals surface area contributed by atoms with Gasteiger partial charge in [0.2, 0.25) is 0 Å². The minimum absolute atomic E-state index is 0.242. The van der Waals surface area contributed by atoms with Crippen LogP contribution >= 0.6 is 0 Å². The van der Waals surface area contributed by atoms with E-state index in [0.717, 1.165) is 18.2 Å². The molecule has 158 valence electrons. The van der Waals surface area contributed by atoms with Gasteiger partial charge in [0.1, 0.15) is 17.4 Å². The first kappa shape index (κ1) is 20.1. The van der Waals surface area contributed by atoms with Crippen molar-refractivity contribution < 1.29 is 18.3 Å². The van der Waals surface area contributed by atoms with Gasteiger partial charge in [0.05, 0.1) is 22.4 Å². The summed E-state index contributed by atoms with van der Waals surface area (Å²) in [5, 5.41) is 4.86. The summed E-state index contributed by atoms with van der Waals surface area (Å²) < 4.78 is 36.1. The number of carbonyl (C=O) groups excluding carboxylic acids is 1. The Kier molecular flexibility index (Phi) is 5.16. The van der Waals surface area contributed by atoms with Crippen molar-refractivity contribution in [2.24, 2.45) is 14.1 Å². The molecule has 0 spiro atoms. The zero-order chi connectivity index (χ0) is 22.1. The van der Waals surface area contributed by atoms with Crippen molar-refractivity contribution in [3.63, 3.8) is 0 Å². The fourth-order valence-corrected chi connectivity index (χ4v) is 3.19. The molecule has 0 fully saturated rings. The van der Waals surface area contributed by atoms with E-state index in [2.05, 4.69) is 10.6 Å². The number of para-hydroxylation sites is 1. The van der Waals surface area contributed by atoms with Crippen LogP contribution in [0.5, 0.6) is 11.5 Å². The molecule has 31 heavy (non-hydrogen) atoms. The number of rotatable bonds is 4. The van der Waals surface area contributed by atoms with E-state index in [9.17, 15) is 18.4 Å². The SMILES string of the molecule is Cn1c(=O)n(C)c2cc(Oc3ccccc3)c(NC(=O)Nc3cc(F)ccc3F)cc21. The summed E-state index contributed by atoms with van der Waals surface area (Å²) in [6.45, 7) is 0. The molecule has 9 heteroatoms. The Morgan fingerprint density at radius 1 is 0.871 bits per heavy atom. The summed E-state index contributed by atoms with van der Waals surface area (Å²) in [5.41, 5.74) is 0.841. The highest BCUT2D eigenvalue weighted by molar-refractivity contribution is 6.02. The van der Waals surface area contributed by atoms with Gasteiger partial charge in [-0.3, -0.25) is 9.13 Å². The van der Waals surface area contributed by atoms with E-state index >= 15 is 0 Å². The predicted molar refractivity (Wildman–Crippen MR) is 114 cm³/mol. The van der Waals surface area contributed by atoms with Gasteiger partial charge >= 0.3 is 11.7 Å². The Hall–Kier alpha value is -4.14. The third-order valence-electron chi connectivity index (χ3n) is 4.77. The number of nitrogens with zero attached hydrogens (tertiary/aromatic N) is 2. The average Bonchev–Trinajstić information content (AvgIpc) is 2.95. The lowest BCUT2D eigenvalue weighted by Crippen LogP contribution is -2.20. The molecule has 7 nitrogen and oxygen atoms in total. The number of hydrogen-bond donors (Lipinski definition) is 2. The third-order valence-corrected chi connectivity index (χ3v) is 4.77. The zero-order valence-electron chi connectivity index (χ0n) is 16.6. The number of benzene rings is 3. The number of aryl methyl sites for hydroxylation is 2. The lowest BCUT2D eigenvalue weighted by Gasteiger charge is -2.14. The van der Waals surface area contributed by atoms with Gasteiger partial charge in [-0.2, -0.15) is 0 Å². The summed E-state index contributed by atoms with van der Waals surface area (Å²) in [7, 11) is 3.23. The molecule has 0 unspecified atom stereocenters. The number of imidazole rings is 1. The maximum atomic E-state index is 13.9. The molecular weight excluding hydrogens is 406 g/mol. The molecule has 1 aromatic heterocycles. The summed E-state index contributed by atoms with van der Waals surface area (Å²) in [5.74, 6) is -0.680. The number of urea groups is 1. The van der Waals surface area contributed by atoms with Crippen LogP contribution < -0.4 is 21.1 Å². The van der Waals surface area contributed by atoms with Crippen LogP contribution in [0, 0.1) is 11.6 Å². The normalized spacial score (nSPS) is 10.8. The van der Waals surface area contributed by atoms with Gasteiger partial charge in [-0.25, -0.2) is 18.4 Å². The summed E-state index contributed by atoms with van der Waals surface area (Å²) in [6.07, 6.45) is 0.